The molecule has 2 amide bonds. The normalized spacial score (nSPS) is 16.0. The van der Waals surface area contributed by atoms with E-state index in [0.717, 1.165) is 17.7 Å². The van der Waals surface area contributed by atoms with Crippen molar-refractivity contribution in [2.24, 2.45) is 5.92 Å². The smallest absolute Gasteiger partial charge is 0.251 e. The van der Waals surface area contributed by atoms with E-state index >= 15 is 0 Å². The number of hydrogen-bond donors (Lipinski definition) is 3. The summed E-state index contributed by atoms with van der Waals surface area (Å²) >= 11 is 0. The lowest BCUT2D eigenvalue weighted by Crippen LogP contribution is -2.43. The summed E-state index contributed by atoms with van der Waals surface area (Å²) in [6.07, 6.45) is 1.56. The number of hydrogen-bond acceptors (Lipinski definition) is 5. The highest BCUT2D eigenvalue weighted by atomic mass is 16.5. The molecule has 2 aromatic rings. The number of methoxy groups -OCH3 is 2. The van der Waals surface area contributed by atoms with Gasteiger partial charge in [-0.1, -0.05) is 26.3 Å². The molecule has 1 aliphatic rings. The number of rotatable bonds is 8. The van der Waals surface area contributed by atoms with Crippen molar-refractivity contribution >= 4 is 23.2 Å². The van der Waals surface area contributed by atoms with Gasteiger partial charge in [-0.2, -0.15) is 0 Å². The SMILES string of the molecule is CC[C@H](C)[C@@H]1Nc2ccc(C(=O)NCCc3ccc(OC)c(OC)c3)cc2NC1=O. The van der Waals surface area contributed by atoms with Crippen molar-refractivity contribution in [3.8, 4) is 11.5 Å². The summed E-state index contributed by atoms with van der Waals surface area (Å²) < 4.78 is 10.6. The minimum Gasteiger partial charge on any atom is -0.493 e. The van der Waals surface area contributed by atoms with Crippen molar-refractivity contribution in [3.63, 3.8) is 0 Å². The quantitative estimate of drug-likeness (QED) is 0.619. The minimum atomic E-state index is -0.260. The van der Waals surface area contributed by atoms with E-state index in [2.05, 4.69) is 22.9 Å². The first-order chi connectivity index (χ1) is 14.5. The van der Waals surface area contributed by atoms with E-state index < -0.39 is 0 Å². The van der Waals surface area contributed by atoms with Gasteiger partial charge in [0.05, 0.1) is 25.6 Å². The molecule has 2 aromatic carbocycles. The maximum atomic E-state index is 12.6. The molecule has 0 spiro atoms. The van der Waals surface area contributed by atoms with Gasteiger partial charge in [0.2, 0.25) is 5.91 Å². The fourth-order valence-corrected chi connectivity index (χ4v) is 3.45. The number of carbonyl (C=O) groups excluding carboxylic acids is 2. The van der Waals surface area contributed by atoms with Crippen LogP contribution in [0.25, 0.3) is 0 Å². The fraction of sp³-hybridized carbons (Fsp3) is 0.391. The lowest BCUT2D eigenvalue weighted by Gasteiger charge is -2.30. The maximum Gasteiger partial charge on any atom is 0.251 e. The third-order valence-electron chi connectivity index (χ3n) is 5.49. The molecular weight excluding hydrogens is 382 g/mol. The highest BCUT2D eigenvalue weighted by Crippen LogP contribution is 2.30. The molecule has 1 aliphatic heterocycles. The van der Waals surface area contributed by atoms with Gasteiger partial charge in [-0.3, -0.25) is 9.59 Å². The molecule has 3 rings (SSSR count). The van der Waals surface area contributed by atoms with Crippen molar-refractivity contribution in [2.75, 3.05) is 31.4 Å². The zero-order valence-corrected chi connectivity index (χ0v) is 17.9. The summed E-state index contributed by atoms with van der Waals surface area (Å²) in [6, 6.07) is 10.8. The van der Waals surface area contributed by atoms with Gasteiger partial charge in [0.1, 0.15) is 6.04 Å². The van der Waals surface area contributed by atoms with Gasteiger partial charge in [0.15, 0.2) is 11.5 Å². The van der Waals surface area contributed by atoms with Gasteiger partial charge in [-0.25, -0.2) is 0 Å². The van der Waals surface area contributed by atoms with Gasteiger partial charge in [0.25, 0.3) is 5.91 Å². The van der Waals surface area contributed by atoms with Crippen molar-refractivity contribution in [3.05, 3.63) is 47.5 Å². The molecule has 30 heavy (non-hydrogen) atoms. The standard InChI is InChI=1S/C23H29N3O4/c1-5-14(2)21-23(28)26-18-13-16(7-8-17(18)25-21)22(27)24-11-10-15-6-9-19(29-3)20(12-15)30-4/h6-9,12-14,21,25H,5,10-11H2,1-4H3,(H,24,27)(H,26,28)/t14-,21-/m0/s1. The molecule has 0 unspecified atom stereocenters. The van der Waals surface area contributed by atoms with Crippen LogP contribution in [0.1, 0.15) is 36.2 Å². The lowest BCUT2D eigenvalue weighted by atomic mass is 9.95. The average molecular weight is 412 g/mol. The predicted octanol–water partition coefficient (Wildman–Crippen LogP) is 3.46. The Balaban J connectivity index is 1.61. The van der Waals surface area contributed by atoms with Crippen molar-refractivity contribution < 1.29 is 19.1 Å². The van der Waals surface area contributed by atoms with Crippen LogP contribution in [-0.4, -0.2) is 38.6 Å². The third-order valence-corrected chi connectivity index (χ3v) is 5.49. The van der Waals surface area contributed by atoms with Crippen LogP contribution >= 0.6 is 0 Å². The highest BCUT2D eigenvalue weighted by Gasteiger charge is 2.29. The second kappa shape index (κ2) is 9.52. The summed E-state index contributed by atoms with van der Waals surface area (Å²) in [4.78, 5) is 24.9. The minimum absolute atomic E-state index is 0.0668. The van der Waals surface area contributed by atoms with E-state index in [4.69, 9.17) is 9.47 Å². The molecule has 7 heteroatoms. The molecule has 0 aromatic heterocycles. The second-order valence-electron chi connectivity index (χ2n) is 7.45. The lowest BCUT2D eigenvalue weighted by molar-refractivity contribution is -0.118. The van der Waals surface area contributed by atoms with Crippen LogP contribution in [0.2, 0.25) is 0 Å². The van der Waals surface area contributed by atoms with E-state index in [9.17, 15) is 9.59 Å². The van der Waals surface area contributed by atoms with E-state index in [1.807, 2.05) is 31.2 Å². The molecule has 160 valence electrons. The molecular formula is C23H29N3O4. The Bertz CT molecular complexity index is 929. The largest absolute Gasteiger partial charge is 0.493 e. The van der Waals surface area contributed by atoms with Gasteiger partial charge >= 0.3 is 0 Å². The van der Waals surface area contributed by atoms with Crippen molar-refractivity contribution in [1.29, 1.82) is 0 Å². The Hall–Kier alpha value is -3.22. The monoisotopic (exact) mass is 411 g/mol. The maximum absolute atomic E-state index is 12.6. The number of nitrogens with one attached hydrogen (secondary N) is 3. The molecule has 7 nitrogen and oxygen atoms in total. The van der Waals surface area contributed by atoms with E-state index in [0.29, 0.717) is 35.7 Å². The van der Waals surface area contributed by atoms with Gasteiger partial charge in [0, 0.05) is 12.1 Å². The van der Waals surface area contributed by atoms with E-state index in [-0.39, 0.29) is 23.8 Å². The Morgan fingerprint density at radius 3 is 2.57 bits per heavy atom. The highest BCUT2D eigenvalue weighted by molar-refractivity contribution is 6.05. The Labute approximate surface area is 177 Å². The van der Waals surface area contributed by atoms with Crippen molar-refractivity contribution in [1.82, 2.24) is 5.32 Å². The summed E-state index contributed by atoms with van der Waals surface area (Å²) in [5.41, 5.74) is 3.00. The van der Waals surface area contributed by atoms with Crippen LogP contribution in [0.5, 0.6) is 11.5 Å². The molecule has 3 N–H and O–H groups in total. The molecule has 1 heterocycles. The van der Waals surface area contributed by atoms with E-state index in [1.165, 1.54) is 0 Å². The first kappa shape index (κ1) is 21.5. The summed E-state index contributed by atoms with van der Waals surface area (Å²) in [5.74, 6) is 1.30. The number of carbonyl (C=O) groups is 2. The van der Waals surface area contributed by atoms with Crippen LogP contribution in [0.4, 0.5) is 11.4 Å². The van der Waals surface area contributed by atoms with Crippen LogP contribution in [0, 0.1) is 5.92 Å². The first-order valence-electron chi connectivity index (χ1n) is 10.2. The fourth-order valence-electron chi connectivity index (χ4n) is 3.45. The molecule has 0 bridgehead atoms. The number of amides is 2. The first-order valence-corrected chi connectivity index (χ1v) is 10.2. The van der Waals surface area contributed by atoms with Crippen LogP contribution in [0.15, 0.2) is 36.4 Å². The van der Waals surface area contributed by atoms with E-state index in [1.54, 1.807) is 26.4 Å². The number of anilines is 2. The molecule has 0 radical (unpaired) electrons. The Morgan fingerprint density at radius 1 is 1.10 bits per heavy atom. The summed E-state index contributed by atoms with van der Waals surface area (Å²) in [5, 5.41) is 9.12. The predicted molar refractivity (Wildman–Crippen MR) is 118 cm³/mol. The van der Waals surface area contributed by atoms with Crippen LogP contribution in [-0.2, 0) is 11.2 Å². The van der Waals surface area contributed by atoms with Crippen molar-refractivity contribution in [2.45, 2.75) is 32.7 Å². The zero-order valence-electron chi connectivity index (χ0n) is 17.9. The number of benzene rings is 2. The van der Waals surface area contributed by atoms with Gasteiger partial charge < -0.3 is 25.4 Å². The zero-order chi connectivity index (χ0) is 21.7. The van der Waals surface area contributed by atoms with Crippen LogP contribution < -0.4 is 25.4 Å². The Morgan fingerprint density at radius 2 is 1.87 bits per heavy atom. The molecule has 2 atom stereocenters. The van der Waals surface area contributed by atoms with Crippen LogP contribution in [0.3, 0.4) is 0 Å². The molecule has 0 aliphatic carbocycles. The Kier molecular flexibility index (Phi) is 6.82. The molecule has 0 saturated carbocycles. The average Bonchev–Trinajstić information content (AvgIpc) is 2.77. The molecule has 0 fully saturated rings. The third kappa shape index (κ3) is 4.67. The van der Waals surface area contributed by atoms with Gasteiger partial charge in [-0.15, -0.1) is 0 Å². The summed E-state index contributed by atoms with van der Waals surface area (Å²) in [7, 11) is 3.19. The molecule has 0 saturated heterocycles. The topological polar surface area (TPSA) is 88.7 Å². The van der Waals surface area contributed by atoms with Gasteiger partial charge in [-0.05, 0) is 48.2 Å². The second-order valence-corrected chi connectivity index (χ2v) is 7.45. The number of fused-ring (bicyclic) bond motifs is 1. The summed E-state index contributed by atoms with van der Waals surface area (Å²) in [6.45, 7) is 4.58. The number of ether oxygens (including phenoxy) is 2.